The van der Waals surface area contributed by atoms with E-state index in [9.17, 15) is 4.79 Å². The number of benzene rings is 1. The van der Waals surface area contributed by atoms with Crippen molar-refractivity contribution < 1.29 is 0 Å². The minimum atomic E-state index is -0.192. The number of nitrogens with two attached hydrogens (primary N) is 1. The van der Waals surface area contributed by atoms with E-state index in [2.05, 4.69) is 26.7 Å². The zero-order valence-electron chi connectivity index (χ0n) is 11.1. The summed E-state index contributed by atoms with van der Waals surface area (Å²) >= 11 is 0. The summed E-state index contributed by atoms with van der Waals surface area (Å²) in [5.74, 6) is 0. The second-order valence-electron chi connectivity index (χ2n) is 4.96. The van der Waals surface area contributed by atoms with Crippen molar-refractivity contribution in [2.24, 2.45) is 0 Å². The maximum atomic E-state index is 11.3. The molecule has 1 aromatic carbocycles. The number of fused-ring (bicyclic) bond motifs is 1. The van der Waals surface area contributed by atoms with Crippen LogP contribution in [0.1, 0.15) is 6.92 Å². The molecule has 0 amide bonds. The molecule has 0 radical (unpaired) electrons. The smallest absolute Gasteiger partial charge is 0.323 e. The molecule has 19 heavy (non-hydrogen) atoms. The van der Waals surface area contributed by atoms with Gasteiger partial charge in [0.05, 0.1) is 22.4 Å². The lowest BCUT2D eigenvalue weighted by Gasteiger charge is -2.36. The molecule has 0 atom stereocenters. The number of aromatic amines is 2. The summed E-state index contributed by atoms with van der Waals surface area (Å²) in [6.07, 6.45) is 0. The first-order valence-electron chi connectivity index (χ1n) is 6.66. The van der Waals surface area contributed by atoms with E-state index in [0.29, 0.717) is 5.69 Å². The molecule has 4 N–H and O–H groups in total. The summed E-state index contributed by atoms with van der Waals surface area (Å²) in [5, 5.41) is 0. The lowest BCUT2D eigenvalue weighted by atomic mass is 10.2. The van der Waals surface area contributed by atoms with Crippen LogP contribution in [0.25, 0.3) is 11.0 Å². The summed E-state index contributed by atoms with van der Waals surface area (Å²) in [6.45, 7) is 7.32. The Kier molecular flexibility index (Phi) is 2.94. The molecule has 1 aliphatic rings. The van der Waals surface area contributed by atoms with Gasteiger partial charge in [0.25, 0.3) is 0 Å². The van der Waals surface area contributed by atoms with Crippen LogP contribution >= 0.6 is 0 Å². The van der Waals surface area contributed by atoms with Crippen molar-refractivity contribution in [2.45, 2.75) is 6.92 Å². The van der Waals surface area contributed by atoms with Crippen molar-refractivity contribution in [2.75, 3.05) is 43.4 Å². The topological polar surface area (TPSA) is 81.2 Å². The number of aromatic nitrogens is 2. The standard InChI is InChI=1S/C13H19N5O/c1-2-17-3-5-18(6-4-17)12-8-11-10(7-9(12)14)15-13(19)16-11/h7-8H,2-6,14H2,1H3,(H2,15,16,19). The number of likely N-dealkylation sites (N-methyl/N-ethyl adjacent to an activating group) is 1. The fourth-order valence-electron chi connectivity index (χ4n) is 2.67. The number of rotatable bonds is 2. The van der Waals surface area contributed by atoms with E-state index >= 15 is 0 Å². The van der Waals surface area contributed by atoms with Crippen LogP contribution in [-0.4, -0.2) is 47.6 Å². The van der Waals surface area contributed by atoms with Gasteiger partial charge in [-0.1, -0.05) is 6.92 Å². The number of nitrogen functional groups attached to an aromatic ring is 1. The predicted molar refractivity (Wildman–Crippen MR) is 77.7 cm³/mol. The van der Waals surface area contributed by atoms with Gasteiger partial charge >= 0.3 is 5.69 Å². The number of H-pyrrole nitrogens is 2. The van der Waals surface area contributed by atoms with E-state index in [1.807, 2.05) is 12.1 Å². The summed E-state index contributed by atoms with van der Waals surface area (Å²) in [5.41, 5.74) is 9.21. The lowest BCUT2D eigenvalue weighted by molar-refractivity contribution is 0.271. The maximum absolute atomic E-state index is 11.3. The number of hydrogen-bond donors (Lipinski definition) is 3. The van der Waals surface area contributed by atoms with Crippen LogP contribution in [0.15, 0.2) is 16.9 Å². The van der Waals surface area contributed by atoms with E-state index in [-0.39, 0.29) is 5.69 Å². The molecular formula is C13H19N5O. The van der Waals surface area contributed by atoms with Crippen LogP contribution in [0.4, 0.5) is 11.4 Å². The first kappa shape index (κ1) is 12.1. The Morgan fingerprint density at radius 1 is 1.16 bits per heavy atom. The minimum Gasteiger partial charge on any atom is -0.397 e. The molecular weight excluding hydrogens is 242 g/mol. The third-order valence-corrected chi connectivity index (χ3v) is 3.82. The predicted octanol–water partition coefficient (Wildman–Crippen LogP) is 0.580. The first-order chi connectivity index (χ1) is 9.17. The van der Waals surface area contributed by atoms with Gasteiger partial charge in [-0.3, -0.25) is 0 Å². The second-order valence-corrected chi connectivity index (χ2v) is 4.96. The number of anilines is 2. The summed E-state index contributed by atoms with van der Waals surface area (Å²) in [7, 11) is 0. The third-order valence-electron chi connectivity index (χ3n) is 3.82. The second kappa shape index (κ2) is 4.62. The zero-order chi connectivity index (χ0) is 13.4. The molecule has 0 spiro atoms. The van der Waals surface area contributed by atoms with Crippen molar-refractivity contribution in [3.63, 3.8) is 0 Å². The van der Waals surface area contributed by atoms with Gasteiger partial charge < -0.3 is 25.5 Å². The largest absolute Gasteiger partial charge is 0.397 e. The highest BCUT2D eigenvalue weighted by molar-refractivity contribution is 5.86. The monoisotopic (exact) mass is 261 g/mol. The molecule has 1 fully saturated rings. The van der Waals surface area contributed by atoms with Gasteiger partial charge in [-0.05, 0) is 18.7 Å². The van der Waals surface area contributed by atoms with Gasteiger partial charge in [0.15, 0.2) is 0 Å². The van der Waals surface area contributed by atoms with Gasteiger partial charge in [-0.25, -0.2) is 4.79 Å². The Bertz CT molecular complexity index is 636. The highest BCUT2D eigenvalue weighted by atomic mass is 16.1. The van der Waals surface area contributed by atoms with Crippen molar-refractivity contribution in [1.82, 2.24) is 14.9 Å². The molecule has 6 nitrogen and oxygen atoms in total. The van der Waals surface area contributed by atoms with E-state index in [4.69, 9.17) is 5.73 Å². The molecule has 1 aliphatic heterocycles. The third kappa shape index (κ3) is 2.19. The molecule has 3 rings (SSSR count). The van der Waals surface area contributed by atoms with Crippen molar-refractivity contribution in [1.29, 1.82) is 0 Å². The van der Waals surface area contributed by atoms with Gasteiger partial charge in [-0.2, -0.15) is 0 Å². The number of nitrogens with zero attached hydrogens (tertiary/aromatic N) is 2. The summed E-state index contributed by atoms with van der Waals surface area (Å²) < 4.78 is 0. The molecule has 1 saturated heterocycles. The van der Waals surface area contributed by atoms with E-state index < -0.39 is 0 Å². The fourth-order valence-corrected chi connectivity index (χ4v) is 2.67. The molecule has 0 unspecified atom stereocenters. The molecule has 0 saturated carbocycles. The minimum absolute atomic E-state index is 0.192. The molecule has 1 aromatic heterocycles. The van der Waals surface area contributed by atoms with Crippen LogP contribution in [0, 0.1) is 0 Å². The number of piperazine rings is 1. The zero-order valence-corrected chi connectivity index (χ0v) is 11.1. The molecule has 0 aliphatic carbocycles. The van der Waals surface area contributed by atoms with E-state index in [1.165, 1.54) is 0 Å². The maximum Gasteiger partial charge on any atom is 0.323 e. The Morgan fingerprint density at radius 3 is 2.42 bits per heavy atom. The van der Waals surface area contributed by atoms with Crippen LogP contribution in [-0.2, 0) is 0 Å². The van der Waals surface area contributed by atoms with Gasteiger partial charge in [-0.15, -0.1) is 0 Å². The quantitative estimate of drug-likeness (QED) is 0.691. The molecule has 102 valence electrons. The Balaban J connectivity index is 1.92. The summed E-state index contributed by atoms with van der Waals surface area (Å²) in [4.78, 5) is 21.5. The molecule has 2 heterocycles. The average molecular weight is 261 g/mol. The molecule has 6 heteroatoms. The molecule has 0 bridgehead atoms. The average Bonchev–Trinajstić information content (AvgIpc) is 2.77. The first-order valence-corrected chi connectivity index (χ1v) is 6.66. The Morgan fingerprint density at radius 2 is 1.79 bits per heavy atom. The Hall–Kier alpha value is -1.95. The lowest BCUT2D eigenvalue weighted by Crippen LogP contribution is -2.46. The number of nitrogens with one attached hydrogen (secondary N) is 2. The van der Waals surface area contributed by atoms with Crippen molar-refractivity contribution >= 4 is 22.4 Å². The highest BCUT2D eigenvalue weighted by Gasteiger charge is 2.18. The molecule has 2 aromatic rings. The van der Waals surface area contributed by atoms with E-state index in [1.54, 1.807) is 0 Å². The normalized spacial score (nSPS) is 17.2. The fraction of sp³-hybridized carbons (Fsp3) is 0.462. The summed E-state index contributed by atoms with van der Waals surface area (Å²) in [6, 6.07) is 3.79. The van der Waals surface area contributed by atoms with Gasteiger partial charge in [0.1, 0.15) is 0 Å². The Labute approximate surface area is 111 Å². The van der Waals surface area contributed by atoms with Crippen LogP contribution in [0.2, 0.25) is 0 Å². The van der Waals surface area contributed by atoms with Crippen molar-refractivity contribution in [3.8, 4) is 0 Å². The van der Waals surface area contributed by atoms with E-state index in [0.717, 1.165) is 49.4 Å². The van der Waals surface area contributed by atoms with Gasteiger partial charge in [0, 0.05) is 26.2 Å². The number of hydrogen-bond acceptors (Lipinski definition) is 4. The number of imidazole rings is 1. The van der Waals surface area contributed by atoms with Crippen LogP contribution in [0.5, 0.6) is 0 Å². The van der Waals surface area contributed by atoms with Crippen LogP contribution < -0.4 is 16.3 Å². The highest BCUT2D eigenvalue weighted by Crippen LogP contribution is 2.27. The van der Waals surface area contributed by atoms with Gasteiger partial charge in [0.2, 0.25) is 0 Å². The van der Waals surface area contributed by atoms with Crippen molar-refractivity contribution in [3.05, 3.63) is 22.6 Å². The SMILES string of the molecule is CCN1CCN(c2cc3[nH]c(=O)[nH]c3cc2N)CC1. The van der Waals surface area contributed by atoms with Crippen LogP contribution in [0.3, 0.4) is 0 Å².